The molecule has 25 heavy (non-hydrogen) atoms. The van der Waals surface area contributed by atoms with Crippen LogP contribution in [0.5, 0.6) is 5.75 Å². The molecule has 1 aromatic rings. The first kappa shape index (κ1) is 18.1. The normalized spacial score (nSPS) is 24.1. The zero-order valence-electron chi connectivity index (χ0n) is 15.8. The number of rotatable bonds is 5. The average molecular weight is 345 g/mol. The van der Waals surface area contributed by atoms with Crippen LogP contribution in [-0.4, -0.2) is 55.9 Å². The van der Waals surface area contributed by atoms with Crippen molar-refractivity contribution in [3.63, 3.8) is 0 Å². The minimum absolute atomic E-state index is 0.340. The summed E-state index contributed by atoms with van der Waals surface area (Å²) in [6.07, 6.45) is 2.37. The lowest BCUT2D eigenvalue weighted by Gasteiger charge is -2.28. The second kappa shape index (κ2) is 7.65. The molecule has 2 aliphatic heterocycles. The second-order valence-electron chi connectivity index (χ2n) is 7.82. The molecule has 0 aromatic heterocycles. The van der Waals surface area contributed by atoms with Crippen molar-refractivity contribution in [3.8, 4) is 5.75 Å². The van der Waals surface area contributed by atoms with Crippen LogP contribution in [0.4, 0.5) is 0 Å². The Bertz CT molecular complexity index is 580. The SMILES string of the molecule is CCNC(=NCC(C)(C)Oc1ccccc1)N1CCC2(CCOC2)C1. The van der Waals surface area contributed by atoms with Crippen molar-refractivity contribution in [3.05, 3.63) is 30.3 Å². The Morgan fingerprint density at radius 2 is 2.12 bits per heavy atom. The maximum absolute atomic E-state index is 6.11. The molecule has 5 nitrogen and oxygen atoms in total. The Kier molecular flexibility index (Phi) is 5.52. The van der Waals surface area contributed by atoms with E-state index in [0.29, 0.717) is 12.0 Å². The number of likely N-dealkylation sites (tertiary alicyclic amines) is 1. The highest BCUT2D eigenvalue weighted by Gasteiger charge is 2.42. The monoisotopic (exact) mass is 345 g/mol. The fourth-order valence-electron chi connectivity index (χ4n) is 3.62. The lowest BCUT2D eigenvalue weighted by Crippen LogP contribution is -2.43. The van der Waals surface area contributed by atoms with E-state index in [1.165, 1.54) is 12.8 Å². The number of nitrogens with one attached hydrogen (secondary N) is 1. The molecule has 1 unspecified atom stereocenters. The fourth-order valence-corrected chi connectivity index (χ4v) is 3.62. The van der Waals surface area contributed by atoms with Gasteiger partial charge in [0.15, 0.2) is 5.96 Å². The van der Waals surface area contributed by atoms with Gasteiger partial charge in [-0.2, -0.15) is 0 Å². The zero-order valence-corrected chi connectivity index (χ0v) is 15.8. The molecule has 0 saturated carbocycles. The molecule has 1 atom stereocenters. The summed E-state index contributed by atoms with van der Waals surface area (Å²) in [5.41, 5.74) is -0.0118. The number of para-hydroxylation sites is 1. The van der Waals surface area contributed by atoms with E-state index >= 15 is 0 Å². The molecule has 0 amide bonds. The third-order valence-corrected chi connectivity index (χ3v) is 5.00. The summed E-state index contributed by atoms with van der Waals surface area (Å²) >= 11 is 0. The van der Waals surface area contributed by atoms with Crippen LogP contribution in [0.25, 0.3) is 0 Å². The van der Waals surface area contributed by atoms with E-state index < -0.39 is 0 Å². The topological polar surface area (TPSA) is 46.1 Å². The molecule has 2 fully saturated rings. The van der Waals surface area contributed by atoms with Crippen LogP contribution in [-0.2, 0) is 4.74 Å². The Hall–Kier alpha value is -1.75. The van der Waals surface area contributed by atoms with Crippen LogP contribution in [0.15, 0.2) is 35.3 Å². The molecule has 1 N–H and O–H groups in total. The maximum Gasteiger partial charge on any atom is 0.194 e. The number of nitrogens with zero attached hydrogens (tertiary/aromatic N) is 2. The molecule has 0 radical (unpaired) electrons. The summed E-state index contributed by atoms with van der Waals surface area (Å²) < 4.78 is 11.8. The van der Waals surface area contributed by atoms with E-state index in [2.05, 4.69) is 31.0 Å². The summed E-state index contributed by atoms with van der Waals surface area (Å²) in [4.78, 5) is 7.27. The fraction of sp³-hybridized carbons (Fsp3) is 0.650. The lowest BCUT2D eigenvalue weighted by molar-refractivity contribution is 0.119. The Labute approximate surface area is 151 Å². The first-order valence-corrected chi connectivity index (χ1v) is 9.37. The van der Waals surface area contributed by atoms with Crippen LogP contribution in [0.1, 0.15) is 33.6 Å². The van der Waals surface area contributed by atoms with Gasteiger partial charge in [0.1, 0.15) is 11.4 Å². The van der Waals surface area contributed by atoms with Crippen molar-refractivity contribution in [2.45, 2.75) is 39.2 Å². The number of aliphatic imine (C=N–C) groups is 1. The molecular weight excluding hydrogens is 314 g/mol. The Balaban J connectivity index is 1.63. The highest BCUT2D eigenvalue weighted by molar-refractivity contribution is 5.80. The molecule has 1 aromatic carbocycles. The standard InChI is InChI=1S/C20H31N3O2/c1-4-21-18(23-12-10-20(15-23)11-13-24-16-20)22-14-19(2,3)25-17-8-6-5-7-9-17/h5-9H,4,10-16H2,1-3H3,(H,21,22). The van der Waals surface area contributed by atoms with Crippen molar-refractivity contribution < 1.29 is 9.47 Å². The minimum atomic E-state index is -0.351. The molecule has 5 heteroatoms. The molecule has 2 heterocycles. The highest BCUT2D eigenvalue weighted by Crippen LogP contribution is 2.38. The van der Waals surface area contributed by atoms with Gasteiger partial charge >= 0.3 is 0 Å². The number of guanidine groups is 1. The summed E-state index contributed by atoms with van der Waals surface area (Å²) in [7, 11) is 0. The molecule has 0 bridgehead atoms. The Morgan fingerprint density at radius 3 is 2.80 bits per heavy atom. The van der Waals surface area contributed by atoms with Gasteiger partial charge in [-0.15, -0.1) is 0 Å². The number of ether oxygens (including phenoxy) is 2. The van der Waals surface area contributed by atoms with Crippen molar-refractivity contribution in [1.82, 2.24) is 10.2 Å². The summed E-state index contributed by atoms with van der Waals surface area (Å²) in [6, 6.07) is 9.96. The van der Waals surface area contributed by atoms with Crippen molar-refractivity contribution in [2.75, 3.05) is 39.4 Å². The largest absolute Gasteiger partial charge is 0.486 e. The van der Waals surface area contributed by atoms with Gasteiger partial charge in [-0.3, -0.25) is 0 Å². The third kappa shape index (κ3) is 4.66. The summed E-state index contributed by atoms with van der Waals surface area (Å²) in [5.74, 6) is 1.88. The average Bonchev–Trinajstić information content (AvgIpc) is 3.22. The molecule has 0 aliphatic carbocycles. The van der Waals surface area contributed by atoms with Crippen LogP contribution in [0, 0.1) is 5.41 Å². The zero-order chi connectivity index (χ0) is 17.8. The predicted molar refractivity (Wildman–Crippen MR) is 101 cm³/mol. The lowest BCUT2D eigenvalue weighted by atomic mass is 9.87. The first-order chi connectivity index (χ1) is 12.0. The third-order valence-electron chi connectivity index (χ3n) is 5.00. The van der Waals surface area contributed by atoms with Crippen LogP contribution >= 0.6 is 0 Å². The van der Waals surface area contributed by atoms with Gasteiger partial charge < -0.3 is 19.7 Å². The molecule has 138 valence electrons. The molecule has 1 spiro atoms. The Morgan fingerprint density at radius 1 is 1.32 bits per heavy atom. The van der Waals surface area contributed by atoms with E-state index in [1.54, 1.807) is 0 Å². The first-order valence-electron chi connectivity index (χ1n) is 9.37. The molecular formula is C20H31N3O2. The summed E-state index contributed by atoms with van der Waals surface area (Å²) in [6.45, 7) is 11.7. The van der Waals surface area contributed by atoms with E-state index in [1.807, 2.05) is 30.3 Å². The van der Waals surface area contributed by atoms with Crippen LogP contribution < -0.4 is 10.1 Å². The number of benzene rings is 1. The van der Waals surface area contributed by atoms with E-state index in [9.17, 15) is 0 Å². The van der Waals surface area contributed by atoms with Crippen molar-refractivity contribution in [2.24, 2.45) is 10.4 Å². The van der Waals surface area contributed by atoms with E-state index in [4.69, 9.17) is 14.5 Å². The van der Waals surface area contributed by atoms with Crippen LogP contribution in [0.2, 0.25) is 0 Å². The van der Waals surface area contributed by atoms with E-state index in [0.717, 1.165) is 44.6 Å². The minimum Gasteiger partial charge on any atom is -0.486 e. The number of hydrogen-bond acceptors (Lipinski definition) is 3. The molecule has 2 saturated heterocycles. The van der Waals surface area contributed by atoms with Crippen molar-refractivity contribution in [1.29, 1.82) is 0 Å². The van der Waals surface area contributed by atoms with Crippen LogP contribution in [0.3, 0.4) is 0 Å². The van der Waals surface area contributed by atoms with Gasteiger partial charge in [0.25, 0.3) is 0 Å². The maximum atomic E-state index is 6.11. The predicted octanol–water partition coefficient (Wildman–Crippen LogP) is 2.92. The molecule has 3 rings (SSSR count). The van der Waals surface area contributed by atoms with Gasteiger partial charge in [-0.25, -0.2) is 4.99 Å². The number of hydrogen-bond donors (Lipinski definition) is 1. The van der Waals surface area contributed by atoms with Gasteiger partial charge in [0.05, 0.1) is 13.2 Å². The smallest absolute Gasteiger partial charge is 0.194 e. The molecule has 2 aliphatic rings. The summed E-state index contributed by atoms with van der Waals surface area (Å²) in [5, 5.41) is 3.45. The second-order valence-corrected chi connectivity index (χ2v) is 7.82. The highest BCUT2D eigenvalue weighted by atomic mass is 16.5. The quantitative estimate of drug-likeness (QED) is 0.658. The van der Waals surface area contributed by atoms with E-state index in [-0.39, 0.29) is 5.60 Å². The van der Waals surface area contributed by atoms with Gasteiger partial charge in [0, 0.05) is 31.7 Å². The van der Waals surface area contributed by atoms with Gasteiger partial charge in [-0.1, -0.05) is 18.2 Å². The van der Waals surface area contributed by atoms with Gasteiger partial charge in [-0.05, 0) is 45.7 Å². The van der Waals surface area contributed by atoms with Crippen molar-refractivity contribution >= 4 is 5.96 Å². The van der Waals surface area contributed by atoms with Gasteiger partial charge in [0.2, 0.25) is 0 Å².